The number of rotatable bonds is 8. The first kappa shape index (κ1) is 24.9. The Balaban J connectivity index is 1.92. The van der Waals surface area contributed by atoms with Gasteiger partial charge in [0.1, 0.15) is 17.7 Å². The van der Waals surface area contributed by atoms with Gasteiger partial charge in [-0.1, -0.05) is 19.1 Å². The van der Waals surface area contributed by atoms with E-state index < -0.39 is 25.9 Å². The molecule has 1 aliphatic rings. The molecule has 1 saturated heterocycles. The number of benzene rings is 1. The lowest BCUT2D eigenvalue weighted by atomic mass is 10.2. The van der Waals surface area contributed by atoms with Crippen LogP contribution in [0.3, 0.4) is 0 Å². The van der Waals surface area contributed by atoms with Crippen LogP contribution >= 0.6 is 0 Å². The third kappa shape index (κ3) is 5.98. The molecule has 0 spiro atoms. The number of nitriles is 1. The number of halogens is 1. The van der Waals surface area contributed by atoms with Gasteiger partial charge >= 0.3 is 0 Å². The SMILES string of the molecule is CCCS(=O)(=O)N(Cc1ccc(F)cc1)c1cnc(N2CCN(S(C)(=O)=O)CC2)c(C#N)c1. The zero-order valence-corrected chi connectivity index (χ0v) is 20.1. The molecule has 0 radical (unpaired) electrons. The lowest BCUT2D eigenvalue weighted by molar-refractivity contribution is 0.387. The van der Waals surface area contributed by atoms with Crippen molar-refractivity contribution in [3.63, 3.8) is 0 Å². The fraction of sp³-hybridized carbons (Fsp3) is 0.429. The molecule has 1 aromatic heterocycles. The molecule has 3 rings (SSSR count). The van der Waals surface area contributed by atoms with Crippen molar-refractivity contribution in [2.45, 2.75) is 19.9 Å². The minimum Gasteiger partial charge on any atom is -0.353 e. The first-order valence-electron chi connectivity index (χ1n) is 10.4. The smallest absolute Gasteiger partial charge is 0.235 e. The van der Waals surface area contributed by atoms with Gasteiger partial charge in [-0.15, -0.1) is 0 Å². The number of hydrogen-bond acceptors (Lipinski definition) is 7. The molecular weight excluding hydrogens is 469 g/mol. The van der Waals surface area contributed by atoms with Crippen LogP contribution in [0.5, 0.6) is 0 Å². The molecule has 1 fully saturated rings. The Labute approximate surface area is 194 Å². The Morgan fingerprint density at radius 3 is 2.30 bits per heavy atom. The number of nitrogens with zero attached hydrogens (tertiary/aromatic N) is 5. The Morgan fingerprint density at radius 2 is 1.76 bits per heavy atom. The Bertz CT molecular complexity index is 1240. The maximum absolute atomic E-state index is 13.3. The fourth-order valence-corrected chi connectivity index (χ4v) is 5.95. The second kappa shape index (κ2) is 10.0. The molecule has 33 heavy (non-hydrogen) atoms. The number of sulfonamides is 2. The molecule has 0 aliphatic carbocycles. The van der Waals surface area contributed by atoms with Crippen molar-refractivity contribution in [2.24, 2.45) is 0 Å². The Kier molecular flexibility index (Phi) is 7.56. The molecule has 2 aromatic rings. The second-order valence-electron chi connectivity index (χ2n) is 7.77. The van der Waals surface area contributed by atoms with E-state index >= 15 is 0 Å². The summed E-state index contributed by atoms with van der Waals surface area (Å²) in [6.45, 7) is 3.00. The highest BCUT2D eigenvalue weighted by atomic mass is 32.2. The maximum Gasteiger partial charge on any atom is 0.235 e. The molecule has 178 valence electrons. The molecule has 1 aromatic carbocycles. The van der Waals surface area contributed by atoms with Crippen LogP contribution in [0.2, 0.25) is 0 Å². The van der Waals surface area contributed by atoms with Gasteiger partial charge in [-0.05, 0) is 30.2 Å². The zero-order chi connectivity index (χ0) is 24.2. The van der Waals surface area contributed by atoms with E-state index in [1.165, 1.54) is 45.1 Å². The lowest BCUT2D eigenvalue weighted by Crippen LogP contribution is -2.48. The van der Waals surface area contributed by atoms with E-state index in [1.807, 2.05) is 4.90 Å². The number of hydrogen-bond donors (Lipinski definition) is 0. The number of aromatic nitrogens is 1. The van der Waals surface area contributed by atoms with Crippen LogP contribution in [0.1, 0.15) is 24.5 Å². The highest BCUT2D eigenvalue weighted by Crippen LogP contribution is 2.27. The maximum atomic E-state index is 13.3. The molecule has 0 amide bonds. The van der Waals surface area contributed by atoms with Crippen LogP contribution in [-0.4, -0.2) is 64.3 Å². The van der Waals surface area contributed by atoms with Gasteiger partial charge in [-0.2, -0.15) is 9.57 Å². The second-order valence-corrected chi connectivity index (χ2v) is 11.8. The van der Waals surface area contributed by atoms with Gasteiger partial charge in [0, 0.05) is 26.2 Å². The number of piperazine rings is 1. The molecule has 0 bridgehead atoms. The third-order valence-electron chi connectivity index (χ3n) is 5.31. The van der Waals surface area contributed by atoms with E-state index in [2.05, 4.69) is 11.1 Å². The highest BCUT2D eigenvalue weighted by Gasteiger charge is 2.27. The lowest BCUT2D eigenvalue weighted by Gasteiger charge is -2.34. The van der Waals surface area contributed by atoms with Crippen LogP contribution in [0, 0.1) is 17.1 Å². The van der Waals surface area contributed by atoms with Gasteiger partial charge in [-0.25, -0.2) is 26.2 Å². The minimum absolute atomic E-state index is 0.0262. The van der Waals surface area contributed by atoms with Gasteiger partial charge in [0.25, 0.3) is 0 Å². The van der Waals surface area contributed by atoms with E-state index in [1.54, 1.807) is 6.92 Å². The normalized spacial score (nSPS) is 15.3. The van der Waals surface area contributed by atoms with Crippen molar-refractivity contribution >= 4 is 31.6 Å². The monoisotopic (exact) mass is 495 g/mol. The summed E-state index contributed by atoms with van der Waals surface area (Å²) in [4.78, 5) is 6.19. The van der Waals surface area contributed by atoms with Crippen molar-refractivity contribution < 1.29 is 21.2 Å². The number of pyridine rings is 1. The number of anilines is 2. The summed E-state index contributed by atoms with van der Waals surface area (Å²) >= 11 is 0. The predicted molar refractivity (Wildman–Crippen MR) is 124 cm³/mol. The Morgan fingerprint density at radius 1 is 1.12 bits per heavy atom. The average molecular weight is 496 g/mol. The summed E-state index contributed by atoms with van der Waals surface area (Å²) in [6, 6.07) is 9.10. The summed E-state index contributed by atoms with van der Waals surface area (Å²) in [5.74, 6) is -0.134. The molecule has 0 N–H and O–H groups in total. The quantitative estimate of drug-likeness (QED) is 0.550. The fourth-order valence-electron chi connectivity index (χ4n) is 3.62. The largest absolute Gasteiger partial charge is 0.353 e. The van der Waals surface area contributed by atoms with E-state index in [9.17, 15) is 26.5 Å². The molecule has 0 atom stereocenters. The van der Waals surface area contributed by atoms with Crippen molar-refractivity contribution in [3.05, 3.63) is 53.5 Å². The highest BCUT2D eigenvalue weighted by molar-refractivity contribution is 7.92. The Hall–Kier alpha value is -2.75. The first-order chi connectivity index (χ1) is 15.5. The van der Waals surface area contributed by atoms with Crippen LogP contribution in [0.15, 0.2) is 36.5 Å². The molecule has 12 heteroatoms. The topological polar surface area (TPSA) is 115 Å². The molecule has 9 nitrogen and oxygen atoms in total. The van der Waals surface area contributed by atoms with E-state index in [-0.39, 0.29) is 36.6 Å². The minimum atomic E-state index is -3.72. The summed E-state index contributed by atoms with van der Waals surface area (Å²) in [5.41, 5.74) is 1.02. The average Bonchev–Trinajstić information content (AvgIpc) is 2.77. The van der Waals surface area contributed by atoms with Gasteiger partial charge in [-0.3, -0.25) is 4.31 Å². The van der Waals surface area contributed by atoms with E-state index in [4.69, 9.17) is 0 Å². The van der Waals surface area contributed by atoms with Crippen molar-refractivity contribution in [2.75, 3.05) is 47.4 Å². The van der Waals surface area contributed by atoms with Crippen molar-refractivity contribution in [1.29, 1.82) is 5.26 Å². The molecule has 0 saturated carbocycles. The van der Waals surface area contributed by atoms with Crippen LogP contribution in [-0.2, 0) is 26.6 Å². The summed E-state index contributed by atoms with van der Waals surface area (Å²) in [6.07, 6.45) is 2.96. The molecule has 2 heterocycles. The van der Waals surface area contributed by atoms with Crippen LogP contribution in [0.4, 0.5) is 15.9 Å². The standard InChI is InChI=1S/C21H26FN5O4S2/c1-3-12-33(30,31)27(16-17-4-6-19(22)7-5-17)20-13-18(14-23)21(24-15-20)25-8-10-26(11-9-25)32(2,28)29/h4-7,13,15H,3,8-12,16H2,1-2H3. The third-order valence-corrected chi connectivity index (χ3v) is 8.54. The van der Waals surface area contributed by atoms with Gasteiger partial charge in [0.15, 0.2) is 0 Å². The van der Waals surface area contributed by atoms with Crippen molar-refractivity contribution in [3.8, 4) is 6.07 Å². The van der Waals surface area contributed by atoms with E-state index in [0.717, 1.165) is 6.26 Å². The van der Waals surface area contributed by atoms with Gasteiger partial charge in [0.2, 0.25) is 20.0 Å². The van der Waals surface area contributed by atoms with Crippen LogP contribution < -0.4 is 9.21 Å². The summed E-state index contributed by atoms with van der Waals surface area (Å²) < 4.78 is 65.3. The van der Waals surface area contributed by atoms with Gasteiger partial charge in [0.05, 0.1) is 36.0 Å². The summed E-state index contributed by atoms with van der Waals surface area (Å²) in [5, 5.41) is 9.73. The van der Waals surface area contributed by atoms with Crippen molar-refractivity contribution in [1.82, 2.24) is 9.29 Å². The van der Waals surface area contributed by atoms with E-state index in [0.29, 0.717) is 30.9 Å². The predicted octanol–water partition coefficient (Wildman–Crippen LogP) is 1.92. The molecule has 0 unspecified atom stereocenters. The first-order valence-corrected chi connectivity index (χ1v) is 13.9. The van der Waals surface area contributed by atoms with Crippen LogP contribution in [0.25, 0.3) is 0 Å². The van der Waals surface area contributed by atoms with Gasteiger partial charge < -0.3 is 4.90 Å². The molecular formula is C21H26FN5O4S2. The molecule has 1 aliphatic heterocycles. The zero-order valence-electron chi connectivity index (χ0n) is 18.5. The summed E-state index contributed by atoms with van der Waals surface area (Å²) in [7, 11) is -7.01.